The topological polar surface area (TPSA) is 57.4 Å². The second kappa shape index (κ2) is 5.45. The largest absolute Gasteiger partial charge is 0.312 e. The van der Waals surface area contributed by atoms with Crippen LogP contribution in [0.15, 0.2) is 0 Å². The first kappa shape index (κ1) is 11.8. The highest BCUT2D eigenvalue weighted by Gasteiger charge is 2.33. The molecule has 5 nitrogen and oxygen atoms in total. The average Bonchev–Trinajstić information content (AvgIpc) is 2.13. The first-order valence-electron chi connectivity index (χ1n) is 3.92. The highest BCUT2D eigenvalue weighted by molar-refractivity contribution is 4.82. The summed E-state index contributed by atoms with van der Waals surface area (Å²) in [6.07, 6.45) is 0. The quantitative estimate of drug-likeness (QED) is 0.308. The van der Waals surface area contributed by atoms with Crippen molar-refractivity contribution < 1.29 is 4.84 Å². The number of hydroxylamine groups is 1. The molecule has 0 saturated carbocycles. The molecule has 1 radical (unpaired) electrons. The molecule has 0 fully saturated rings. The molecule has 0 amide bonds. The van der Waals surface area contributed by atoms with Crippen LogP contribution in [-0.4, -0.2) is 33.0 Å². The second-order valence-corrected chi connectivity index (χ2v) is 2.49. The molecule has 0 rings (SSSR count). The molecule has 1 unspecified atom stereocenters. The molecule has 0 heterocycles. The van der Waals surface area contributed by atoms with Gasteiger partial charge in [-0.05, 0) is 28.1 Å². The Morgan fingerprint density at radius 2 is 1.75 bits per heavy atom. The van der Waals surface area contributed by atoms with Crippen molar-refractivity contribution in [3.63, 3.8) is 0 Å². The molecule has 5 heteroatoms. The fraction of sp³-hybridized carbons (Fsp3) is 0.857. The summed E-state index contributed by atoms with van der Waals surface area (Å²) < 4.78 is 0. The van der Waals surface area contributed by atoms with Crippen molar-refractivity contribution in [2.24, 2.45) is 0 Å². The first-order valence-corrected chi connectivity index (χ1v) is 3.92. The van der Waals surface area contributed by atoms with E-state index in [4.69, 9.17) is 4.84 Å². The van der Waals surface area contributed by atoms with Gasteiger partial charge in [-0.3, -0.25) is 15.5 Å². The molecule has 0 saturated heterocycles. The summed E-state index contributed by atoms with van der Waals surface area (Å²) in [5.41, 5.74) is 2.41. The molecular formula is C7H19N4O. The third kappa shape index (κ3) is 2.40. The van der Waals surface area contributed by atoms with Gasteiger partial charge in [-0.1, -0.05) is 0 Å². The number of nitrogens with one attached hydrogen (secondary N) is 4. The molecule has 0 aliphatic carbocycles. The Labute approximate surface area is 74.2 Å². The molecule has 0 bridgehead atoms. The Kier molecular flexibility index (Phi) is 5.36. The zero-order valence-electron chi connectivity index (χ0n) is 8.19. The summed E-state index contributed by atoms with van der Waals surface area (Å²) in [5, 5.41) is 9.11. The molecule has 0 aliphatic heterocycles. The predicted molar refractivity (Wildman–Crippen MR) is 48.9 cm³/mol. The van der Waals surface area contributed by atoms with Crippen LogP contribution in [0.3, 0.4) is 0 Å². The van der Waals surface area contributed by atoms with Crippen molar-refractivity contribution >= 4 is 0 Å². The standard InChI is InChI=1S/C7H19N4O/c1-6(8-2)7(9-3,10-4)12-11-5/h6,8-11H,5H2,1-4H3. The minimum atomic E-state index is -0.642. The number of likely N-dealkylation sites (N-methyl/N-ethyl adjacent to an activating group) is 3. The summed E-state index contributed by atoms with van der Waals surface area (Å²) in [6, 6.07) is 0.0988. The van der Waals surface area contributed by atoms with Crippen LogP contribution >= 0.6 is 0 Å². The zero-order valence-corrected chi connectivity index (χ0v) is 8.19. The van der Waals surface area contributed by atoms with Crippen molar-refractivity contribution in [3.8, 4) is 0 Å². The van der Waals surface area contributed by atoms with Crippen LogP contribution in [-0.2, 0) is 4.84 Å². The van der Waals surface area contributed by atoms with Crippen molar-refractivity contribution in [2.45, 2.75) is 18.8 Å². The highest BCUT2D eigenvalue weighted by Crippen LogP contribution is 2.05. The van der Waals surface area contributed by atoms with Gasteiger partial charge in [0, 0.05) is 7.05 Å². The minimum Gasteiger partial charge on any atom is -0.312 e. The second-order valence-electron chi connectivity index (χ2n) is 2.49. The lowest BCUT2D eigenvalue weighted by Crippen LogP contribution is -2.67. The van der Waals surface area contributed by atoms with Gasteiger partial charge in [-0.15, -0.1) is 0 Å². The summed E-state index contributed by atoms with van der Waals surface area (Å²) in [4.78, 5) is 5.23. The molecule has 1 atom stereocenters. The van der Waals surface area contributed by atoms with Crippen LogP contribution < -0.4 is 21.4 Å². The summed E-state index contributed by atoms with van der Waals surface area (Å²) in [5.74, 6) is -0.642. The Hall–Kier alpha value is -0.200. The molecule has 12 heavy (non-hydrogen) atoms. The van der Waals surface area contributed by atoms with Gasteiger partial charge < -0.3 is 5.32 Å². The molecule has 0 aromatic heterocycles. The van der Waals surface area contributed by atoms with E-state index in [1.165, 1.54) is 0 Å². The van der Waals surface area contributed by atoms with Gasteiger partial charge >= 0.3 is 0 Å². The third-order valence-electron chi connectivity index (χ3n) is 2.02. The van der Waals surface area contributed by atoms with E-state index in [9.17, 15) is 0 Å². The Balaban J connectivity index is 4.33. The Bertz CT molecular complexity index is 116. The number of rotatable bonds is 6. The van der Waals surface area contributed by atoms with E-state index < -0.39 is 5.85 Å². The van der Waals surface area contributed by atoms with Gasteiger partial charge in [0.2, 0.25) is 5.85 Å². The van der Waals surface area contributed by atoms with Crippen molar-refractivity contribution in [1.29, 1.82) is 0 Å². The maximum Gasteiger partial charge on any atom is 0.208 e. The molecule has 73 valence electrons. The molecule has 0 aliphatic rings. The molecular weight excluding hydrogens is 156 g/mol. The lowest BCUT2D eigenvalue weighted by atomic mass is 10.2. The van der Waals surface area contributed by atoms with Crippen LogP contribution in [0.1, 0.15) is 6.92 Å². The monoisotopic (exact) mass is 175 g/mol. The predicted octanol–water partition coefficient (Wildman–Crippen LogP) is -1.00. The lowest BCUT2D eigenvalue weighted by molar-refractivity contribution is -0.144. The molecule has 0 spiro atoms. The number of hydrogen-bond acceptors (Lipinski definition) is 5. The van der Waals surface area contributed by atoms with E-state index in [0.29, 0.717) is 0 Å². The Morgan fingerprint density at radius 1 is 1.25 bits per heavy atom. The SMILES string of the molecule is [CH2]NOC(NC)(NC)C(C)NC. The van der Waals surface area contributed by atoms with Crippen LogP contribution in [0, 0.1) is 7.05 Å². The maximum atomic E-state index is 5.23. The fourth-order valence-corrected chi connectivity index (χ4v) is 1.07. The maximum absolute atomic E-state index is 5.23. The summed E-state index contributed by atoms with van der Waals surface area (Å²) in [7, 11) is 8.88. The van der Waals surface area contributed by atoms with Crippen molar-refractivity contribution in [2.75, 3.05) is 21.1 Å². The van der Waals surface area contributed by atoms with E-state index in [1.807, 2.05) is 28.1 Å². The number of hydrogen-bond donors (Lipinski definition) is 4. The van der Waals surface area contributed by atoms with Gasteiger partial charge in [0.1, 0.15) is 0 Å². The van der Waals surface area contributed by atoms with E-state index in [2.05, 4.69) is 28.5 Å². The Morgan fingerprint density at radius 3 is 2.00 bits per heavy atom. The third-order valence-corrected chi connectivity index (χ3v) is 2.02. The van der Waals surface area contributed by atoms with Crippen LogP contribution in [0.25, 0.3) is 0 Å². The van der Waals surface area contributed by atoms with E-state index >= 15 is 0 Å². The average molecular weight is 175 g/mol. The fourth-order valence-electron chi connectivity index (χ4n) is 1.07. The highest BCUT2D eigenvalue weighted by atomic mass is 16.7. The normalized spacial score (nSPS) is 14.8. The minimum absolute atomic E-state index is 0.0988. The molecule has 0 aromatic rings. The summed E-state index contributed by atoms with van der Waals surface area (Å²) in [6.45, 7) is 1.99. The summed E-state index contributed by atoms with van der Waals surface area (Å²) >= 11 is 0. The first-order chi connectivity index (χ1) is 5.66. The molecule has 4 N–H and O–H groups in total. The molecule has 0 aromatic carbocycles. The van der Waals surface area contributed by atoms with Gasteiger partial charge in [0.15, 0.2) is 0 Å². The lowest BCUT2D eigenvalue weighted by Gasteiger charge is -2.37. The van der Waals surface area contributed by atoms with Crippen LogP contribution in [0.2, 0.25) is 0 Å². The van der Waals surface area contributed by atoms with Crippen LogP contribution in [0.4, 0.5) is 0 Å². The van der Waals surface area contributed by atoms with E-state index in [0.717, 1.165) is 0 Å². The van der Waals surface area contributed by atoms with Gasteiger partial charge in [-0.25, -0.2) is 0 Å². The van der Waals surface area contributed by atoms with E-state index in [1.54, 1.807) is 0 Å². The zero-order chi connectivity index (χ0) is 9.61. The van der Waals surface area contributed by atoms with Crippen molar-refractivity contribution in [1.82, 2.24) is 21.4 Å². The van der Waals surface area contributed by atoms with Gasteiger partial charge in [0.05, 0.1) is 6.04 Å². The van der Waals surface area contributed by atoms with Crippen LogP contribution in [0.5, 0.6) is 0 Å². The smallest absolute Gasteiger partial charge is 0.208 e. The van der Waals surface area contributed by atoms with Crippen molar-refractivity contribution in [3.05, 3.63) is 7.05 Å². The van der Waals surface area contributed by atoms with Gasteiger partial charge in [0.25, 0.3) is 0 Å². The van der Waals surface area contributed by atoms with E-state index in [-0.39, 0.29) is 6.04 Å². The van der Waals surface area contributed by atoms with Gasteiger partial charge in [-0.2, -0.15) is 5.48 Å².